The average molecular weight is 293 g/mol. The Morgan fingerprint density at radius 1 is 1.00 bits per heavy atom. The number of pyridine rings is 1. The fourth-order valence-electron chi connectivity index (χ4n) is 3.40. The van der Waals surface area contributed by atoms with Crippen molar-refractivity contribution in [2.45, 2.75) is 19.3 Å². The first-order chi connectivity index (χ1) is 10.8. The normalized spacial score (nSPS) is 16.9. The van der Waals surface area contributed by atoms with Crippen molar-refractivity contribution in [3.05, 3.63) is 53.9 Å². The largest absolute Gasteiger partial charge is 0.371 e. The lowest BCUT2D eigenvalue weighted by molar-refractivity contribution is 0.0989. The smallest absolute Gasteiger partial charge is 0.258 e. The highest BCUT2D eigenvalue weighted by atomic mass is 16.2. The lowest BCUT2D eigenvalue weighted by Crippen LogP contribution is -2.29. The van der Waals surface area contributed by atoms with E-state index in [1.807, 2.05) is 4.90 Å². The molecule has 2 aromatic rings. The van der Waals surface area contributed by atoms with Crippen molar-refractivity contribution in [3.8, 4) is 0 Å². The Morgan fingerprint density at radius 3 is 2.55 bits per heavy atom. The third-order valence-electron chi connectivity index (χ3n) is 4.61. The highest BCUT2D eigenvalue weighted by Gasteiger charge is 2.26. The summed E-state index contributed by atoms with van der Waals surface area (Å²) >= 11 is 0. The molecule has 0 atom stereocenters. The second-order valence-electron chi connectivity index (χ2n) is 5.95. The Labute approximate surface area is 130 Å². The summed E-state index contributed by atoms with van der Waals surface area (Å²) in [6.45, 7) is 3.01. The van der Waals surface area contributed by atoms with Crippen molar-refractivity contribution in [2.24, 2.45) is 0 Å². The minimum Gasteiger partial charge on any atom is -0.371 e. The predicted molar refractivity (Wildman–Crippen MR) is 87.5 cm³/mol. The van der Waals surface area contributed by atoms with Gasteiger partial charge in [0.1, 0.15) is 0 Å². The van der Waals surface area contributed by atoms with Gasteiger partial charge in [-0.2, -0.15) is 0 Å². The molecule has 1 aromatic heterocycles. The van der Waals surface area contributed by atoms with Gasteiger partial charge in [0.25, 0.3) is 5.91 Å². The van der Waals surface area contributed by atoms with Gasteiger partial charge in [0, 0.05) is 49.0 Å². The van der Waals surface area contributed by atoms with Crippen molar-refractivity contribution in [2.75, 3.05) is 29.4 Å². The number of nitrogens with zero attached hydrogens (tertiary/aromatic N) is 3. The van der Waals surface area contributed by atoms with E-state index in [2.05, 4.69) is 28.1 Å². The Bertz CT molecular complexity index is 693. The van der Waals surface area contributed by atoms with E-state index in [0.29, 0.717) is 5.56 Å². The summed E-state index contributed by atoms with van der Waals surface area (Å²) in [6, 6.07) is 10.1. The average Bonchev–Trinajstić information content (AvgIpc) is 3.24. The van der Waals surface area contributed by atoms with E-state index >= 15 is 0 Å². The van der Waals surface area contributed by atoms with Crippen LogP contribution in [0.4, 0.5) is 11.4 Å². The van der Waals surface area contributed by atoms with Crippen LogP contribution in [-0.4, -0.2) is 30.5 Å². The van der Waals surface area contributed by atoms with Crippen LogP contribution >= 0.6 is 0 Å². The molecule has 4 nitrogen and oxygen atoms in total. The molecule has 1 aromatic carbocycles. The summed E-state index contributed by atoms with van der Waals surface area (Å²) in [7, 11) is 0. The van der Waals surface area contributed by atoms with Gasteiger partial charge < -0.3 is 9.80 Å². The molecule has 112 valence electrons. The first-order valence-electron chi connectivity index (χ1n) is 7.93. The van der Waals surface area contributed by atoms with Crippen LogP contribution in [0.2, 0.25) is 0 Å². The molecule has 0 bridgehead atoms. The maximum atomic E-state index is 12.7. The molecular weight excluding hydrogens is 274 g/mol. The second kappa shape index (κ2) is 5.44. The first-order valence-corrected chi connectivity index (χ1v) is 7.93. The molecule has 3 heterocycles. The van der Waals surface area contributed by atoms with Gasteiger partial charge in [-0.3, -0.25) is 9.78 Å². The number of anilines is 2. The summed E-state index contributed by atoms with van der Waals surface area (Å²) in [4.78, 5) is 21.0. The highest BCUT2D eigenvalue weighted by molar-refractivity contribution is 6.07. The zero-order chi connectivity index (χ0) is 14.9. The van der Waals surface area contributed by atoms with E-state index < -0.39 is 0 Å². The van der Waals surface area contributed by atoms with Crippen molar-refractivity contribution < 1.29 is 4.79 Å². The third-order valence-corrected chi connectivity index (χ3v) is 4.61. The molecule has 0 unspecified atom stereocenters. The zero-order valence-corrected chi connectivity index (χ0v) is 12.5. The van der Waals surface area contributed by atoms with E-state index in [1.54, 1.807) is 24.5 Å². The van der Waals surface area contributed by atoms with E-state index in [0.717, 1.165) is 31.7 Å². The summed E-state index contributed by atoms with van der Waals surface area (Å²) in [5.74, 6) is 0.0692. The number of aromatic nitrogens is 1. The van der Waals surface area contributed by atoms with Gasteiger partial charge in [0.15, 0.2) is 0 Å². The standard InChI is InChI=1S/C18H19N3O/c22-18(15-5-8-19-9-6-15)21-12-7-14-3-4-16(13-17(14)21)20-10-1-2-11-20/h3-6,8-9,13H,1-2,7,10-12H2. The quantitative estimate of drug-likeness (QED) is 0.854. The molecule has 22 heavy (non-hydrogen) atoms. The third kappa shape index (κ3) is 2.25. The van der Waals surface area contributed by atoms with Gasteiger partial charge in [-0.05, 0) is 49.1 Å². The minimum atomic E-state index is 0.0692. The molecule has 4 heteroatoms. The molecular formula is C18H19N3O. The first kappa shape index (κ1) is 13.3. The van der Waals surface area contributed by atoms with Crippen molar-refractivity contribution in [3.63, 3.8) is 0 Å². The molecule has 2 aliphatic rings. The molecule has 0 aliphatic carbocycles. The number of carbonyl (C=O) groups is 1. The highest BCUT2D eigenvalue weighted by Crippen LogP contribution is 2.34. The van der Waals surface area contributed by atoms with Gasteiger partial charge >= 0.3 is 0 Å². The van der Waals surface area contributed by atoms with Gasteiger partial charge in [-0.15, -0.1) is 0 Å². The fraction of sp³-hybridized carbons (Fsp3) is 0.333. The summed E-state index contributed by atoms with van der Waals surface area (Å²) in [5.41, 5.74) is 4.29. The number of rotatable bonds is 2. The lowest BCUT2D eigenvalue weighted by atomic mass is 10.1. The van der Waals surface area contributed by atoms with Gasteiger partial charge in [0.05, 0.1) is 0 Å². The molecule has 0 radical (unpaired) electrons. The molecule has 0 saturated carbocycles. The van der Waals surface area contributed by atoms with Crippen LogP contribution in [0, 0.1) is 0 Å². The van der Waals surface area contributed by atoms with Crippen LogP contribution in [0.1, 0.15) is 28.8 Å². The molecule has 2 aliphatic heterocycles. The molecule has 4 rings (SSSR count). The lowest BCUT2D eigenvalue weighted by Gasteiger charge is -2.22. The second-order valence-corrected chi connectivity index (χ2v) is 5.95. The summed E-state index contributed by atoms with van der Waals surface area (Å²) in [6.07, 6.45) is 6.80. The van der Waals surface area contributed by atoms with Crippen molar-refractivity contribution >= 4 is 17.3 Å². The predicted octanol–water partition coefficient (Wildman–Crippen LogP) is 2.88. The SMILES string of the molecule is O=C(c1ccncc1)N1CCc2ccc(N3CCCC3)cc21. The van der Waals surface area contributed by atoms with Crippen LogP contribution in [0.25, 0.3) is 0 Å². The van der Waals surface area contributed by atoms with Gasteiger partial charge in [-0.25, -0.2) is 0 Å². The Morgan fingerprint density at radius 2 is 1.77 bits per heavy atom. The number of carbonyl (C=O) groups excluding carboxylic acids is 1. The van der Waals surface area contributed by atoms with Gasteiger partial charge in [0.2, 0.25) is 0 Å². The number of benzene rings is 1. The molecule has 1 fully saturated rings. The topological polar surface area (TPSA) is 36.4 Å². The van der Waals surface area contributed by atoms with Crippen LogP contribution in [0.5, 0.6) is 0 Å². The molecule has 1 saturated heterocycles. The molecule has 0 N–H and O–H groups in total. The van der Waals surface area contributed by atoms with Gasteiger partial charge in [-0.1, -0.05) is 6.07 Å². The minimum absolute atomic E-state index is 0.0692. The maximum Gasteiger partial charge on any atom is 0.258 e. The van der Waals surface area contributed by atoms with E-state index in [1.165, 1.54) is 24.1 Å². The van der Waals surface area contributed by atoms with Crippen molar-refractivity contribution in [1.29, 1.82) is 0 Å². The fourth-order valence-corrected chi connectivity index (χ4v) is 3.40. The Kier molecular flexibility index (Phi) is 3.29. The Balaban J connectivity index is 1.66. The Hall–Kier alpha value is -2.36. The summed E-state index contributed by atoms with van der Waals surface area (Å²) in [5, 5.41) is 0. The van der Waals surface area contributed by atoms with Crippen LogP contribution in [0.15, 0.2) is 42.7 Å². The van der Waals surface area contributed by atoms with E-state index in [4.69, 9.17) is 0 Å². The summed E-state index contributed by atoms with van der Waals surface area (Å²) < 4.78 is 0. The van der Waals surface area contributed by atoms with Crippen LogP contribution < -0.4 is 9.80 Å². The molecule has 1 amide bonds. The molecule has 0 spiro atoms. The number of fused-ring (bicyclic) bond motifs is 1. The van der Waals surface area contributed by atoms with Crippen LogP contribution in [-0.2, 0) is 6.42 Å². The van der Waals surface area contributed by atoms with Crippen molar-refractivity contribution in [1.82, 2.24) is 4.98 Å². The number of hydrogen-bond acceptors (Lipinski definition) is 3. The number of amides is 1. The van der Waals surface area contributed by atoms with E-state index in [-0.39, 0.29) is 5.91 Å². The van der Waals surface area contributed by atoms with E-state index in [9.17, 15) is 4.79 Å². The number of hydrogen-bond donors (Lipinski definition) is 0. The zero-order valence-electron chi connectivity index (χ0n) is 12.5. The maximum absolute atomic E-state index is 12.7. The monoisotopic (exact) mass is 293 g/mol. The van der Waals surface area contributed by atoms with Crippen LogP contribution in [0.3, 0.4) is 0 Å².